The van der Waals surface area contributed by atoms with Crippen molar-refractivity contribution in [1.29, 1.82) is 0 Å². The van der Waals surface area contributed by atoms with Gasteiger partial charge in [-0.05, 0) is 36.1 Å². The monoisotopic (exact) mass is 325 g/mol. The summed E-state index contributed by atoms with van der Waals surface area (Å²) in [7, 11) is 0. The molecule has 116 valence electrons. The number of cyclic esters (lactones) is 1. The third-order valence-corrected chi connectivity index (χ3v) is 3.90. The van der Waals surface area contributed by atoms with Crippen LogP contribution in [0.2, 0.25) is 0 Å². The Hall–Kier alpha value is -2.66. The van der Waals surface area contributed by atoms with Crippen molar-refractivity contribution in [2.45, 2.75) is 6.92 Å². The lowest BCUT2D eigenvalue weighted by Gasteiger charge is -2.08. The molecule has 0 amide bonds. The molecule has 3 rings (SSSR count). The number of esters is 1. The van der Waals surface area contributed by atoms with E-state index in [4.69, 9.17) is 9.47 Å². The summed E-state index contributed by atoms with van der Waals surface area (Å²) in [5.74, 6) is 0.565. The highest BCUT2D eigenvalue weighted by molar-refractivity contribution is 7.12. The van der Waals surface area contributed by atoms with Crippen LogP contribution in [0.25, 0.3) is 6.08 Å². The molecule has 0 atom stereocenters. The lowest BCUT2D eigenvalue weighted by atomic mass is 10.1. The Morgan fingerprint density at radius 1 is 1.35 bits per heavy atom. The first-order valence-electron chi connectivity index (χ1n) is 7.06. The van der Waals surface area contributed by atoms with Crippen molar-refractivity contribution >= 4 is 29.3 Å². The van der Waals surface area contributed by atoms with Crippen LogP contribution >= 0.6 is 11.3 Å². The van der Waals surface area contributed by atoms with E-state index >= 15 is 0 Å². The average Bonchev–Trinajstić information content (AvgIpc) is 3.17. The molecule has 0 radical (unpaired) electrons. The van der Waals surface area contributed by atoms with E-state index in [1.807, 2.05) is 48.7 Å². The van der Waals surface area contributed by atoms with E-state index in [0.717, 1.165) is 16.0 Å². The summed E-state index contributed by atoms with van der Waals surface area (Å²) < 4.78 is 10.9. The number of thiophene rings is 1. The summed E-state index contributed by atoms with van der Waals surface area (Å²) in [5, 5.41) is 1.91. The fourth-order valence-corrected chi connectivity index (χ4v) is 2.64. The highest BCUT2D eigenvalue weighted by Crippen LogP contribution is 2.25. The van der Waals surface area contributed by atoms with E-state index in [9.17, 15) is 4.79 Å². The molecule has 0 aliphatic carbocycles. The van der Waals surface area contributed by atoms with Crippen molar-refractivity contribution in [2.24, 2.45) is 4.99 Å². The van der Waals surface area contributed by atoms with E-state index in [0.29, 0.717) is 18.3 Å². The number of hydrogen-bond donors (Lipinski definition) is 0. The van der Waals surface area contributed by atoms with E-state index < -0.39 is 5.97 Å². The van der Waals surface area contributed by atoms with Crippen LogP contribution in [0.5, 0.6) is 5.75 Å². The molecule has 2 aromatic rings. The molecule has 0 saturated carbocycles. The Bertz CT molecular complexity index is 803. The number of ether oxygens (including phenoxy) is 2. The molecular weight excluding hydrogens is 310 g/mol. The second-order valence-electron chi connectivity index (χ2n) is 5.10. The molecule has 0 saturated heterocycles. The van der Waals surface area contributed by atoms with Gasteiger partial charge in [0, 0.05) is 5.56 Å². The van der Waals surface area contributed by atoms with Gasteiger partial charge in [0.25, 0.3) is 0 Å². The van der Waals surface area contributed by atoms with Gasteiger partial charge in [0.1, 0.15) is 12.4 Å². The summed E-state index contributed by atoms with van der Waals surface area (Å²) in [6.45, 7) is 6.14. The van der Waals surface area contributed by atoms with Gasteiger partial charge in [-0.15, -0.1) is 11.3 Å². The highest BCUT2D eigenvalue weighted by Gasteiger charge is 2.25. The van der Waals surface area contributed by atoms with E-state index in [-0.39, 0.29) is 5.70 Å². The quantitative estimate of drug-likeness (QED) is 0.473. The normalized spacial score (nSPS) is 15.4. The minimum absolute atomic E-state index is 0.264. The smallest absolute Gasteiger partial charge is 0.363 e. The molecule has 0 spiro atoms. The zero-order chi connectivity index (χ0) is 16.2. The molecule has 4 nitrogen and oxygen atoms in total. The first-order valence-corrected chi connectivity index (χ1v) is 7.94. The van der Waals surface area contributed by atoms with Gasteiger partial charge in [-0.25, -0.2) is 9.79 Å². The van der Waals surface area contributed by atoms with Crippen molar-refractivity contribution in [3.05, 3.63) is 70.1 Å². The van der Waals surface area contributed by atoms with E-state index in [1.54, 1.807) is 6.08 Å². The molecule has 0 N–H and O–H groups in total. The molecule has 0 fully saturated rings. The largest absolute Gasteiger partial charge is 0.489 e. The molecule has 0 unspecified atom stereocenters. The van der Waals surface area contributed by atoms with Crippen LogP contribution in [-0.2, 0) is 9.53 Å². The van der Waals surface area contributed by atoms with Gasteiger partial charge >= 0.3 is 5.97 Å². The van der Waals surface area contributed by atoms with Crippen molar-refractivity contribution < 1.29 is 14.3 Å². The van der Waals surface area contributed by atoms with Crippen molar-refractivity contribution in [3.8, 4) is 5.75 Å². The first kappa shape index (κ1) is 15.2. The van der Waals surface area contributed by atoms with Gasteiger partial charge in [-0.3, -0.25) is 0 Å². The third-order valence-electron chi connectivity index (χ3n) is 3.04. The number of carbonyl (C=O) groups excluding carboxylic acids is 1. The Labute approximate surface area is 138 Å². The summed E-state index contributed by atoms with van der Waals surface area (Å²) in [5.41, 5.74) is 1.96. The molecule has 1 aromatic carbocycles. The number of nitrogens with zero attached hydrogens (tertiary/aromatic N) is 1. The number of carbonyl (C=O) groups is 1. The lowest BCUT2D eigenvalue weighted by Crippen LogP contribution is -2.03. The third kappa shape index (κ3) is 3.57. The Morgan fingerprint density at radius 3 is 2.91 bits per heavy atom. The topological polar surface area (TPSA) is 47.9 Å². The summed E-state index contributed by atoms with van der Waals surface area (Å²) in [6, 6.07) is 11.2. The molecule has 5 heteroatoms. The predicted octanol–water partition coefficient (Wildman–Crippen LogP) is 4.05. The van der Waals surface area contributed by atoms with Crippen LogP contribution in [0, 0.1) is 0 Å². The molecule has 23 heavy (non-hydrogen) atoms. The average molecular weight is 325 g/mol. The van der Waals surface area contributed by atoms with Crippen LogP contribution in [0.15, 0.2) is 64.6 Å². The Kier molecular flexibility index (Phi) is 4.39. The van der Waals surface area contributed by atoms with Gasteiger partial charge in [0.2, 0.25) is 5.90 Å². The number of aliphatic imine (C=N–C) groups is 1. The van der Waals surface area contributed by atoms with E-state index in [2.05, 4.69) is 11.6 Å². The van der Waals surface area contributed by atoms with Gasteiger partial charge in [0.15, 0.2) is 5.70 Å². The number of rotatable bonds is 5. The van der Waals surface area contributed by atoms with Gasteiger partial charge < -0.3 is 9.47 Å². The Morgan fingerprint density at radius 2 is 2.17 bits per heavy atom. The van der Waals surface area contributed by atoms with Crippen molar-refractivity contribution in [1.82, 2.24) is 0 Å². The predicted molar refractivity (Wildman–Crippen MR) is 91.7 cm³/mol. The lowest BCUT2D eigenvalue weighted by molar-refractivity contribution is -0.129. The SMILES string of the molecule is C=C(C)COc1ccccc1/C=C1/N=C(c2cccs2)OC1=O. The second kappa shape index (κ2) is 6.62. The standard InChI is InChI=1S/C18H15NO3S/c1-12(2)11-21-15-7-4-3-6-13(15)10-14-18(20)22-17(19-14)16-8-5-9-23-16/h3-10H,1,11H2,2H3/b14-10+. The maximum Gasteiger partial charge on any atom is 0.363 e. The van der Waals surface area contributed by atoms with Gasteiger partial charge in [-0.2, -0.15) is 0 Å². The summed E-state index contributed by atoms with van der Waals surface area (Å²) >= 11 is 1.48. The molecular formula is C18H15NO3S. The van der Waals surface area contributed by atoms with Crippen LogP contribution in [-0.4, -0.2) is 18.5 Å². The molecule has 0 bridgehead atoms. The Balaban J connectivity index is 1.89. The minimum atomic E-state index is -0.455. The molecule has 1 aliphatic rings. The molecule has 1 aliphatic heterocycles. The summed E-state index contributed by atoms with van der Waals surface area (Å²) in [6.07, 6.45) is 1.68. The minimum Gasteiger partial charge on any atom is -0.489 e. The van der Waals surface area contributed by atoms with E-state index in [1.165, 1.54) is 11.3 Å². The first-order chi connectivity index (χ1) is 11.1. The van der Waals surface area contributed by atoms with Crippen molar-refractivity contribution in [2.75, 3.05) is 6.61 Å². The zero-order valence-corrected chi connectivity index (χ0v) is 13.4. The number of para-hydroxylation sites is 1. The summed E-state index contributed by atoms with van der Waals surface area (Å²) in [4.78, 5) is 17.1. The molecule has 1 aromatic heterocycles. The molecule has 2 heterocycles. The van der Waals surface area contributed by atoms with Crippen LogP contribution in [0.3, 0.4) is 0 Å². The van der Waals surface area contributed by atoms with Gasteiger partial charge in [-0.1, -0.05) is 30.8 Å². The van der Waals surface area contributed by atoms with Crippen LogP contribution in [0.4, 0.5) is 0 Å². The van der Waals surface area contributed by atoms with Crippen molar-refractivity contribution in [3.63, 3.8) is 0 Å². The second-order valence-corrected chi connectivity index (χ2v) is 6.04. The van der Waals surface area contributed by atoms with Crippen LogP contribution in [0.1, 0.15) is 17.4 Å². The number of benzene rings is 1. The van der Waals surface area contributed by atoms with Crippen LogP contribution < -0.4 is 4.74 Å². The maximum atomic E-state index is 12.0. The maximum absolute atomic E-state index is 12.0. The fourth-order valence-electron chi connectivity index (χ4n) is 1.99. The number of hydrogen-bond acceptors (Lipinski definition) is 5. The fraction of sp³-hybridized carbons (Fsp3) is 0.111. The zero-order valence-electron chi connectivity index (χ0n) is 12.6. The van der Waals surface area contributed by atoms with Gasteiger partial charge in [0.05, 0.1) is 4.88 Å². The highest BCUT2D eigenvalue weighted by atomic mass is 32.1.